The van der Waals surface area contributed by atoms with Crippen LogP contribution < -0.4 is 14.8 Å². The minimum absolute atomic E-state index is 0.0198. The molecule has 0 atom stereocenters. The Kier molecular flexibility index (Phi) is 4.57. The molecule has 128 valence electrons. The van der Waals surface area contributed by atoms with E-state index in [2.05, 4.69) is 10.4 Å². The average Bonchev–Trinajstić information content (AvgIpc) is 3.17. The molecule has 2 heterocycles. The number of anilines is 1. The summed E-state index contributed by atoms with van der Waals surface area (Å²) in [6.07, 6.45) is 1.74. The maximum atomic E-state index is 12.5. The van der Waals surface area contributed by atoms with Gasteiger partial charge >= 0.3 is 6.03 Å². The predicted octanol–water partition coefficient (Wildman–Crippen LogP) is 1.44. The van der Waals surface area contributed by atoms with Crippen molar-refractivity contribution in [2.45, 2.75) is 19.6 Å². The second kappa shape index (κ2) is 6.79. The van der Waals surface area contributed by atoms with Crippen LogP contribution in [0.15, 0.2) is 24.4 Å². The lowest BCUT2D eigenvalue weighted by Gasteiger charge is -2.18. The van der Waals surface area contributed by atoms with E-state index in [0.717, 1.165) is 11.3 Å². The van der Waals surface area contributed by atoms with Gasteiger partial charge in [0.15, 0.2) is 11.5 Å². The number of urea groups is 1. The molecule has 8 heteroatoms. The lowest BCUT2D eigenvalue weighted by molar-refractivity contribution is 0.210. The van der Waals surface area contributed by atoms with Crippen LogP contribution in [0.25, 0.3) is 0 Å². The van der Waals surface area contributed by atoms with Crippen LogP contribution in [0.2, 0.25) is 0 Å². The molecule has 0 saturated heterocycles. The van der Waals surface area contributed by atoms with Crippen molar-refractivity contribution in [1.82, 2.24) is 14.7 Å². The molecule has 0 bridgehead atoms. The number of ether oxygens (including phenoxy) is 2. The second-order valence-electron chi connectivity index (χ2n) is 5.42. The zero-order valence-corrected chi connectivity index (χ0v) is 13.7. The van der Waals surface area contributed by atoms with Gasteiger partial charge in [-0.2, -0.15) is 5.10 Å². The minimum Gasteiger partial charge on any atom is -0.493 e. The van der Waals surface area contributed by atoms with Crippen molar-refractivity contribution in [3.8, 4) is 11.5 Å². The molecule has 0 fully saturated rings. The lowest BCUT2D eigenvalue weighted by atomic mass is 10.3. The Morgan fingerprint density at radius 2 is 2.08 bits per heavy atom. The molecule has 8 nitrogen and oxygen atoms in total. The molecule has 0 unspecified atom stereocenters. The third-order valence-corrected chi connectivity index (χ3v) is 3.97. The summed E-state index contributed by atoms with van der Waals surface area (Å²) in [6, 6.07) is 5.02. The van der Waals surface area contributed by atoms with E-state index in [1.807, 2.05) is 0 Å². The summed E-state index contributed by atoms with van der Waals surface area (Å²) in [5, 5.41) is 16.1. The number of aliphatic hydroxyl groups excluding tert-OH is 1. The maximum absolute atomic E-state index is 12.5. The molecule has 1 aromatic carbocycles. The number of rotatable bonds is 5. The normalized spacial score (nSPS) is 12.9. The quantitative estimate of drug-likeness (QED) is 0.865. The molecular weight excluding hydrogens is 312 g/mol. The van der Waals surface area contributed by atoms with Crippen LogP contribution in [0, 0.1) is 0 Å². The Bertz CT molecular complexity index is 744. The van der Waals surface area contributed by atoms with E-state index in [-0.39, 0.29) is 12.6 Å². The smallest absolute Gasteiger partial charge is 0.322 e. The molecule has 1 aromatic heterocycles. The van der Waals surface area contributed by atoms with Crippen molar-refractivity contribution >= 4 is 11.7 Å². The first-order chi connectivity index (χ1) is 11.7. The topological polar surface area (TPSA) is 88.9 Å². The molecule has 3 rings (SSSR count). The highest BCUT2D eigenvalue weighted by Crippen LogP contribution is 2.30. The van der Waals surface area contributed by atoms with E-state index >= 15 is 0 Å². The Morgan fingerprint density at radius 3 is 2.79 bits per heavy atom. The van der Waals surface area contributed by atoms with E-state index in [1.165, 1.54) is 0 Å². The van der Waals surface area contributed by atoms with Crippen molar-refractivity contribution in [3.05, 3.63) is 35.7 Å². The van der Waals surface area contributed by atoms with E-state index < -0.39 is 0 Å². The Labute approximate surface area is 139 Å². The molecular formula is C16H20N4O4. The van der Waals surface area contributed by atoms with E-state index in [4.69, 9.17) is 14.6 Å². The largest absolute Gasteiger partial charge is 0.493 e. The van der Waals surface area contributed by atoms with Gasteiger partial charge in [-0.05, 0) is 12.1 Å². The minimum atomic E-state index is -0.200. The fourth-order valence-electron chi connectivity index (χ4n) is 2.75. The third kappa shape index (κ3) is 3.00. The SMILES string of the molecule is COc1ccc(NC(=O)N2Cc3cnn(CCO)c3C2)cc1OC. The van der Waals surface area contributed by atoms with Crippen LogP contribution in [-0.4, -0.2) is 46.6 Å². The fourth-order valence-corrected chi connectivity index (χ4v) is 2.75. The monoisotopic (exact) mass is 332 g/mol. The van der Waals surface area contributed by atoms with Crippen LogP contribution in [0.1, 0.15) is 11.3 Å². The standard InChI is InChI=1S/C16H20N4O4/c1-23-14-4-3-12(7-15(14)24-2)18-16(22)19-9-11-8-17-20(5-6-21)13(11)10-19/h3-4,7-8,21H,5-6,9-10H2,1-2H3,(H,18,22). The molecule has 2 N–H and O–H groups in total. The van der Waals surface area contributed by atoms with Gasteiger partial charge in [0.2, 0.25) is 0 Å². The Morgan fingerprint density at radius 1 is 1.29 bits per heavy atom. The summed E-state index contributed by atoms with van der Waals surface area (Å²) in [7, 11) is 3.11. The van der Waals surface area contributed by atoms with Gasteiger partial charge in [0.1, 0.15) is 0 Å². The molecule has 24 heavy (non-hydrogen) atoms. The highest BCUT2D eigenvalue weighted by Gasteiger charge is 2.27. The number of nitrogens with zero attached hydrogens (tertiary/aromatic N) is 3. The predicted molar refractivity (Wildman–Crippen MR) is 87.1 cm³/mol. The third-order valence-electron chi connectivity index (χ3n) is 3.97. The van der Waals surface area contributed by atoms with Crippen molar-refractivity contribution in [3.63, 3.8) is 0 Å². The van der Waals surface area contributed by atoms with Crippen LogP contribution in [-0.2, 0) is 19.6 Å². The Hall–Kier alpha value is -2.74. The maximum Gasteiger partial charge on any atom is 0.322 e. The molecule has 0 radical (unpaired) electrons. The van der Waals surface area contributed by atoms with Crippen LogP contribution >= 0.6 is 0 Å². The fraction of sp³-hybridized carbons (Fsp3) is 0.375. The molecule has 2 aromatic rings. The molecule has 0 aliphatic carbocycles. The van der Waals surface area contributed by atoms with Crippen LogP contribution in [0.3, 0.4) is 0 Å². The van der Waals surface area contributed by atoms with Crippen molar-refractivity contribution in [2.24, 2.45) is 0 Å². The number of methoxy groups -OCH3 is 2. The average molecular weight is 332 g/mol. The van der Waals surface area contributed by atoms with Gasteiger partial charge in [-0.3, -0.25) is 4.68 Å². The Balaban J connectivity index is 1.68. The molecule has 1 aliphatic heterocycles. The number of carbonyl (C=O) groups is 1. The molecule has 0 saturated carbocycles. The zero-order chi connectivity index (χ0) is 17.1. The molecule has 1 aliphatic rings. The van der Waals surface area contributed by atoms with Crippen molar-refractivity contribution in [1.29, 1.82) is 0 Å². The summed E-state index contributed by atoms with van der Waals surface area (Å²) in [4.78, 5) is 14.2. The molecule has 0 spiro atoms. The van der Waals surface area contributed by atoms with E-state index in [9.17, 15) is 4.79 Å². The summed E-state index contributed by atoms with van der Waals surface area (Å²) >= 11 is 0. The number of aromatic nitrogens is 2. The molecule has 2 amide bonds. The second-order valence-corrected chi connectivity index (χ2v) is 5.42. The summed E-state index contributed by atoms with van der Waals surface area (Å²) in [5.74, 6) is 1.16. The van der Waals surface area contributed by atoms with Gasteiger partial charge in [-0.25, -0.2) is 4.79 Å². The number of carbonyl (C=O) groups excluding carboxylic acids is 1. The van der Waals surface area contributed by atoms with Gasteiger partial charge in [0.05, 0.1) is 52.4 Å². The first-order valence-corrected chi connectivity index (χ1v) is 7.58. The zero-order valence-electron chi connectivity index (χ0n) is 13.7. The van der Waals surface area contributed by atoms with Gasteiger partial charge in [0, 0.05) is 17.3 Å². The number of benzene rings is 1. The summed E-state index contributed by atoms with van der Waals surface area (Å²) in [6.45, 7) is 1.42. The summed E-state index contributed by atoms with van der Waals surface area (Å²) in [5.41, 5.74) is 2.60. The first kappa shape index (κ1) is 16.1. The van der Waals surface area contributed by atoms with E-state index in [0.29, 0.717) is 36.8 Å². The number of aliphatic hydroxyl groups is 1. The van der Waals surface area contributed by atoms with Gasteiger partial charge in [-0.15, -0.1) is 0 Å². The van der Waals surface area contributed by atoms with Gasteiger partial charge < -0.3 is 24.8 Å². The summed E-state index contributed by atoms with van der Waals surface area (Å²) < 4.78 is 12.2. The number of hydrogen-bond acceptors (Lipinski definition) is 5. The van der Waals surface area contributed by atoms with Gasteiger partial charge in [0.25, 0.3) is 0 Å². The van der Waals surface area contributed by atoms with Crippen LogP contribution in [0.5, 0.6) is 11.5 Å². The van der Waals surface area contributed by atoms with Crippen molar-refractivity contribution in [2.75, 3.05) is 26.1 Å². The lowest BCUT2D eigenvalue weighted by Crippen LogP contribution is -2.31. The highest BCUT2D eigenvalue weighted by atomic mass is 16.5. The number of amides is 2. The highest BCUT2D eigenvalue weighted by molar-refractivity contribution is 5.90. The number of nitrogens with one attached hydrogen (secondary N) is 1. The number of fused-ring (bicyclic) bond motifs is 1. The first-order valence-electron chi connectivity index (χ1n) is 7.58. The van der Waals surface area contributed by atoms with E-state index in [1.54, 1.807) is 48.2 Å². The van der Waals surface area contributed by atoms with Crippen LogP contribution in [0.4, 0.5) is 10.5 Å². The van der Waals surface area contributed by atoms with Crippen molar-refractivity contribution < 1.29 is 19.4 Å². The number of hydrogen-bond donors (Lipinski definition) is 2. The van der Waals surface area contributed by atoms with Gasteiger partial charge in [-0.1, -0.05) is 0 Å².